The zero-order chi connectivity index (χ0) is 24.5. The van der Waals surface area contributed by atoms with Crippen molar-refractivity contribution in [3.63, 3.8) is 0 Å². The molecule has 0 saturated carbocycles. The van der Waals surface area contributed by atoms with E-state index in [1.54, 1.807) is 33.8 Å². The predicted molar refractivity (Wildman–Crippen MR) is 128 cm³/mol. The second kappa shape index (κ2) is 12.0. The van der Waals surface area contributed by atoms with Crippen molar-refractivity contribution in [3.05, 3.63) is 64.0 Å². The molecule has 1 aliphatic heterocycles. The van der Waals surface area contributed by atoms with Gasteiger partial charge in [-0.05, 0) is 50.8 Å². The summed E-state index contributed by atoms with van der Waals surface area (Å²) in [5, 5.41) is 5.98. The first kappa shape index (κ1) is 25.9. The summed E-state index contributed by atoms with van der Waals surface area (Å²) >= 11 is 0. The molecule has 0 unspecified atom stereocenters. The first-order chi connectivity index (χ1) is 15.7. The summed E-state index contributed by atoms with van der Waals surface area (Å²) in [5.41, 5.74) is 3.33. The second-order valence-electron chi connectivity index (χ2n) is 8.18. The second-order valence-corrected chi connectivity index (χ2v) is 8.18. The van der Waals surface area contributed by atoms with E-state index in [0.29, 0.717) is 46.1 Å². The molecule has 7 heteroatoms. The number of benzene rings is 1. The van der Waals surface area contributed by atoms with Gasteiger partial charge in [0.15, 0.2) is 0 Å². The molecular weight excluding hydrogens is 420 g/mol. The largest absolute Gasteiger partial charge is 0.463 e. The van der Waals surface area contributed by atoms with Crippen LogP contribution in [0.1, 0.15) is 58.6 Å². The first-order valence-corrected chi connectivity index (χ1v) is 11.3. The van der Waals surface area contributed by atoms with E-state index in [4.69, 9.17) is 9.47 Å². The Hall–Kier alpha value is -3.35. The van der Waals surface area contributed by atoms with Crippen LogP contribution < -0.4 is 10.6 Å². The van der Waals surface area contributed by atoms with Gasteiger partial charge < -0.3 is 20.1 Å². The summed E-state index contributed by atoms with van der Waals surface area (Å²) in [6.45, 7) is 12.1. The molecule has 0 bridgehead atoms. The van der Waals surface area contributed by atoms with Gasteiger partial charge in [-0.1, -0.05) is 38.1 Å². The third-order valence-electron chi connectivity index (χ3n) is 5.16. The fourth-order valence-corrected chi connectivity index (χ4v) is 3.72. The van der Waals surface area contributed by atoms with Gasteiger partial charge in [0.1, 0.15) is 0 Å². The number of carbonyl (C=O) groups is 3. The number of amides is 1. The fraction of sp³-hybridized carbons (Fsp3) is 0.423. The predicted octanol–water partition coefficient (Wildman–Crippen LogP) is 3.83. The van der Waals surface area contributed by atoms with E-state index in [-0.39, 0.29) is 19.1 Å². The zero-order valence-corrected chi connectivity index (χ0v) is 20.3. The van der Waals surface area contributed by atoms with E-state index >= 15 is 0 Å². The molecule has 0 radical (unpaired) electrons. The molecule has 1 aromatic rings. The van der Waals surface area contributed by atoms with Gasteiger partial charge in [0.2, 0.25) is 5.91 Å². The molecule has 1 amide bonds. The van der Waals surface area contributed by atoms with Crippen molar-refractivity contribution >= 4 is 23.9 Å². The number of carbonyl (C=O) groups excluding carboxylic acids is 3. The Balaban J connectivity index is 2.60. The maximum absolute atomic E-state index is 13.0. The molecule has 1 aliphatic rings. The lowest BCUT2D eigenvalue weighted by molar-refractivity contribution is -0.139. The summed E-state index contributed by atoms with van der Waals surface area (Å²) < 4.78 is 10.7. The van der Waals surface area contributed by atoms with Crippen molar-refractivity contribution in [2.24, 2.45) is 5.92 Å². The van der Waals surface area contributed by atoms with Crippen molar-refractivity contribution in [1.82, 2.24) is 10.6 Å². The van der Waals surface area contributed by atoms with Crippen molar-refractivity contribution in [1.29, 1.82) is 0 Å². The normalized spacial score (nSPS) is 14.5. The zero-order valence-electron chi connectivity index (χ0n) is 20.3. The molecular formula is C26H34N2O5. The maximum Gasteiger partial charge on any atom is 0.336 e. The van der Waals surface area contributed by atoms with E-state index in [9.17, 15) is 14.4 Å². The number of rotatable bonds is 9. The van der Waals surface area contributed by atoms with Crippen molar-refractivity contribution < 1.29 is 23.9 Å². The third-order valence-corrected chi connectivity index (χ3v) is 5.16. The van der Waals surface area contributed by atoms with Crippen LogP contribution in [0.4, 0.5) is 0 Å². The number of esters is 2. The summed E-state index contributed by atoms with van der Waals surface area (Å²) in [6, 6.07) is 7.38. The van der Waals surface area contributed by atoms with Crippen LogP contribution in [0.5, 0.6) is 0 Å². The van der Waals surface area contributed by atoms with Gasteiger partial charge in [-0.25, -0.2) is 9.59 Å². The van der Waals surface area contributed by atoms with Crippen LogP contribution >= 0.6 is 0 Å². The first-order valence-electron chi connectivity index (χ1n) is 11.3. The van der Waals surface area contributed by atoms with E-state index in [0.717, 1.165) is 0 Å². The van der Waals surface area contributed by atoms with Gasteiger partial charge in [-0.3, -0.25) is 4.79 Å². The molecule has 0 fully saturated rings. The highest BCUT2D eigenvalue weighted by Gasteiger charge is 2.38. The lowest BCUT2D eigenvalue weighted by Crippen LogP contribution is -2.32. The number of hydrogen-bond acceptors (Lipinski definition) is 6. The average molecular weight is 455 g/mol. The lowest BCUT2D eigenvalue weighted by atomic mass is 9.78. The molecule has 1 heterocycles. The molecule has 0 atom stereocenters. The monoisotopic (exact) mass is 454 g/mol. The van der Waals surface area contributed by atoms with Gasteiger partial charge in [-0.2, -0.15) is 0 Å². The summed E-state index contributed by atoms with van der Waals surface area (Å²) in [4.78, 5) is 38.2. The van der Waals surface area contributed by atoms with Gasteiger partial charge in [0, 0.05) is 24.0 Å². The molecule has 0 aromatic heterocycles. The minimum absolute atomic E-state index is 0.206. The Labute approximate surface area is 195 Å². The topological polar surface area (TPSA) is 93.7 Å². The van der Waals surface area contributed by atoms with Crippen LogP contribution in [0.2, 0.25) is 0 Å². The molecule has 7 nitrogen and oxygen atoms in total. The molecule has 2 N–H and O–H groups in total. The van der Waals surface area contributed by atoms with Crippen LogP contribution in [0.15, 0.2) is 52.9 Å². The summed E-state index contributed by atoms with van der Waals surface area (Å²) in [5.74, 6) is -1.59. The molecule has 33 heavy (non-hydrogen) atoms. The molecule has 1 aromatic carbocycles. The number of nitrogens with one attached hydrogen (secondary N) is 2. The molecule has 0 saturated heterocycles. The number of hydrogen-bond donors (Lipinski definition) is 2. The third kappa shape index (κ3) is 6.57. The average Bonchev–Trinajstić information content (AvgIpc) is 2.76. The van der Waals surface area contributed by atoms with Crippen LogP contribution in [0.25, 0.3) is 6.08 Å². The van der Waals surface area contributed by atoms with Crippen LogP contribution in [0.3, 0.4) is 0 Å². The Morgan fingerprint density at radius 2 is 1.55 bits per heavy atom. The Morgan fingerprint density at radius 1 is 1.00 bits per heavy atom. The quantitative estimate of drug-likeness (QED) is 0.435. The minimum Gasteiger partial charge on any atom is -0.463 e. The standard InChI is InChI=1S/C26H34N2O5/c1-7-32-25(30)22-17(5)28-18(6)23(26(31)33-8-2)24(22)20-12-10-9-11-19(20)13-14-21(29)27-15-16(3)4/h9-14,16,24,28H,7-8,15H2,1-6H3,(H,27,29)/b14-13+. The van der Waals surface area contributed by atoms with E-state index in [2.05, 4.69) is 10.6 Å². The van der Waals surface area contributed by atoms with Crippen molar-refractivity contribution in [3.8, 4) is 0 Å². The minimum atomic E-state index is -0.705. The van der Waals surface area contributed by atoms with Crippen molar-refractivity contribution in [2.75, 3.05) is 19.8 Å². The maximum atomic E-state index is 13.0. The highest BCUT2D eigenvalue weighted by atomic mass is 16.5. The number of dihydropyridines is 1. The molecule has 178 valence electrons. The highest BCUT2D eigenvalue weighted by Crippen LogP contribution is 2.40. The SMILES string of the molecule is CCOC(=O)C1=C(C)NC(C)=C(C(=O)OCC)C1c1ccccc1/C=C/C(=O)NCC(C)C. The van der Waals surface area contributed by atoms with Crippen molar-refractivity contribution in [2.45, 2.75) is 47.5 Å². The Kier molecular flexibility index (Phi) is 9.45. The van der Waals surface area contributed by atoms with Crippen LogP contribution in [-0.4, -0.2) is 37.6 Å². The number of allylic oxidation sites excluding steroid dienone is 2. The number of ether oxygens (including phenoxy) is 2. The van der Waals surface area contributed by atoms with Crippen LogP contribution in [-0.2, 0) is 23.9 Å². The van der Waals surface area contributed by atoms with Gasteiger partial charge >= 0.3 is 11.9 Å². The van der Waals surface area contributed by atoms with E-state index in [1.165, 1.54) is 6.08 Å². The lowest BCUT2D eigenvalue weighted by Gasteiger charge is -2.31. The smallest absolute Gasteiger partial charge is 0.336 e. The Bertz CT molecular complexity index is 948. The van der Waals surface area contributed by atoms with Gasteiger partial charge in [0.05, 0.1) is 30.3 Å². The van der Waals surface area contributed by atoms with Gasteiger partial charge in [-0.15, -0.1) is 0 Å². The molecule has 0 aliphatic carbocycles. The Morgan fingerprint density at radius 3 is 2.06 bits per heavy atom. The van der Waals surface area contributed by atoms with E-state index in [1.807, 2.05) is 38.1 Å². The fourth-order valence-electron chi connectivity index (χ4n) is 3.72. The molecule has 2 rings (SSSR count). The highest BCUT2D eigenvalue weighted by molar-refractivity contribution is 6.00. The summed E-state index contributed by atoms with van der Waals surface area (Å²) in [6.07, 6.45) is 3.16. The molecule has 0 spiro atoms. The van der Waals surface area contributed by atoms with Crippen LogP contribution in [0, 0.1) is 5.92 Å². The summed E-state index contributed by atoms with van der Waals surface area (Å²) in [7, 11) is 0. The van der Waals surface area contributed by atoms with E-state index < -0.39 is 17.9 Å². The van der Waals surface area contributed by atoms with Gasteiger partial charge in [0.25, 0.3) is 0 Å².